The van der Waals surface area contributed by atoms with Gasteiger partial charge in [-0.1, -0.05) is 12.1 Å². The SMILES string of the molecule is CC(Nc1ccc(CO)cc1)c1nccs1. The Kier molecular flexibility index (Phi) is 3.54. The van der Waals surface area contributed by atoms with E-state index in [4.69, 9.17) is 5.11 Å². The van der Waals surface area contributed by atoms with Crippen LogP contribution in [0.1, 0.15) is 23.5 Å². The van der Waals surface area contributed by atoms with E-state index >= 15 is 0 Å². The lowest BCUT2D eigenvalue weighted by Gasteiger charge is -2.12. The molecule has 3 nitrogen and oxygen atoms in total. The fraction of sp³-hybridized carbons (Fsp3) is 0.250. The van der Waals surface area contributed by atoms with Crippen molar-refractivity contribution in [1.29, 1.82) is 0 Å². The van der Waals surface area contributed by atoms with E-state index in [1.165, 1.54) is 0 Å². The predicted molar refractivity (Wildman–Crippen MR) is 66.5 cm³/mol. The Morgan fingerprint density at radius 2 is 2.12 bits per heavy atom. The number of hydrogen-bond donors (Lipinski definition) is 2. The molecule has 0 bridgehead atoms. The summed E-state index contributed by atoms with van der Waals surface area (Å²) in [6.07, 6.45) is 1.81. The highest BCUT2D eigenvalue weighted by molar-refractivity contribution is 7.09. The van der Waals surface area contributed by atoms with Gasteiger partial charge in [0.15, 0.2) is 0 Å². The molecule has 1 heterocycles. The summed E-state index contributed by atoms with van der Waals surface area (Å²) in [4.78, 5) is 4.26. The minimum atomic E-state index is 0.0856. The largest absolute Gasteiger partial charge is 0.392 e. The normalized spacial score (nSPS) is 12.4. The quantitative estimate of drug-likeness (QED) is 0.855. The maximum Gasteiger partial charge on any atom is 0.115 e. The third-order valence-corrected chi connectivity index (χ3v) is 3.30. The van der Waals surface area contributed by atoms with Gasteiger partial charge in [0, 0.05) is 17.3 Å². The predicted octanol–water partition coefficient (Wildman–Crippen LogP) is 2.81. The van der Waals surface area contributed by atoms with Crippen molar-refractivity contribution >= 4 is 17.0 Å². The summed E-state index contributed by atoms with van der Waals surface area (Å²) < 4.78 is 0. The Labute approximate surface area is 98.8 Å². The van der Waals surface area contributed by atoms with E-state index in [1.54, 1.807) is 11.3 Å². The number of anilines is 1. The van der Waals surface area contributed by atoms with Gasteiger partial charge >= 0.3 is 0 Å². The molecule has 4 heteroatoms. The molecule has 0 fully saturated rings. The Morgan fingerprint density at radius 1 is 1.38 bits per heavy atom. The molecule has 2 rings (SSSR count). The third-order valence-electron chi connectivity index (χ3n) is 2.34. The standard InChI is InChI=1S/C12H14N2OS/c1-9(12-13-6-7-16-12)14-11-4-2-10(8-15)3-5-11/h2-7,9,14-15H,8H2,1H3. The number of aliphatic hydroxyl groups is 1. The van der Waals surface area contributed by atoms with Gasteiger partial charge in [0.25, 0.3) is 0 Å². The van der Waals surface area contributed by atoms with Crippen LogP contribution in [0.4, 0.5) is 5.69 Å². The summed E-state index contributed by atoms with van der Waals surface area (Å²) in [6, 6.07) is 7.97. The molecule has 0 aliphatic rings. The summed E-state index contributed by atoms with van der Waals surface area (Å²) >= 11 is 1.64. The molecule has 16 heavy (non-hydrogen) atoms. The molecule has 0 spiro atoms. The molecule has 0 amide bonds. The van der Waals surface area contributed by atoms with Crippen molar-refractivity contribution in [3.63, 3.8) is 0 Å². The summed E-state index contributed by atoms with van der Waals surface area (Å²) in [5, 5.41) is 15.3. The molecule has 0 saturated heterocycles. The topological polar surface area (TPSA) is 45.1 Å². The molecule has 2 aromatic rings. The molecule has 0 aliphatic carbocycles. The molecule has 0 aliphatic heterocycles. The van der Waals surface area contributed by atoms with Crippen LogP contribution in [-0.2, 0) is 6.61 Å². The minimum absolute atomic E-state index is 0.0856. The molecule has 1 aromatic carbocycles. The number of thiazole rings is 1. The molecule has 84 valence electrons. The smallest absolute Gasteiger partial charge is 0.115 e. The zero-order valence-electron chi connectivity index (χ0n) is 9.05. The summed E-state index contributed by atoms with van der Waals surface area (Å²) in [7, 11) is 0. The van der Waals surface area contributed by atoms with Crippen molar-refractivity contribution in [3.8, 4) is 0 Å². The first-order chi connectivity index (χ1) is 7.79. The van der Waals surface area contributed by atoms with Gasteiger partial charge in [0.05, 0.1) is 12.6 Å². The maximum absolute atomic E-state index is 8.93. The van der Waals surface area contributed by atoms with E-state index in [0.29, 0.717) is 0 Å². The molecular weight excluding hydrogens is 220 g/mol. The van der Waals surface area contributed by atoms with Gasteiger partial charge in [-0.15, -0.1) is 11.3 Å². The number of aliphatic hydroxyl groups excluding tert-OH is 1. The maximum atomic E-state index is 8.93. The number of nitrogens with one attached hydrogen (secondary N) is 1. The van der Waals surface area contributed by atoms with Crippen molar-refractivity contribution in [2.45, 2.75) is 19.6 Å². The Hall–Kier alpha value is -1.39. The highest BCUT2D eigenvalue weighted by Crippen LogP contribution is 2.20. The van der Waals surface area contributed by atoms with E-state index in [9.17, 15) is 0 Å². The van der Waals surface area contributed by atoms with Crippen molar-refractivity contribution in [2.24, 2.45) is 0 Å². The minimum Gasteiger partial charge on any atom is -0.392 e. The first kappa shape index (κ1) is 11.1. The second-order valence-corrected chi connectivity index (χ2v) is 4.52. The van der Waals surface area contributed by atoms with Crippen LogP contribution in [0.2, 0.25) is 0 Å². The van der Waals surface area contributed by atoms with Crippen LogP contribution in [0.15, 0.2) is 35.8 Å². The third kappa shape index (κ3) is 2.59. The van der Waals surface area contributed by atoms with Gasteiger partial charge < -0.3 is 10.4 Å². The summed E-state index contributed by atoms with van der Waals surface area (Å²) in [5.41, 5.74) is 1.97. The van der Waals surface area contributed by atoms with Gasteiger partial charge in [-0.05, 0) is 24.6 Å². The van der Waals surface area contributed by atoms with Gasteiger partial charge in [-0.3, -0.25) is 0 Å². The van der Waals surface area contributed by atoms with Crippen LogP contribution in [0.5, 0.6) is 0 Å². The number of aromatic nitrogens is 1. The lowest BCUT2D eigenvalue weighted by atomic mass is 10.2. The van der Waals surface area contributed by atoms with Crippen LogP contribution >= 0.6 is 11.3 Å². The van der Waals surface area contributed by atoms with Crippen LogP contribution in [0, 0.1) is 0 Å². The van der Waals surface area contributed by atoms with E-state index in [0.717, 1.165) is 16.3 Å². The molecule has 1 atom stereocenters. The highest BCUT2D eigenvalue weighted by atomic mass is 32.1. The van der Waals surface area contributed by atoms with Crippen molar-refractivity contribution in [2.75, 3.05) is 5.32 Å². The van der Waals surface area contributed by atoms with Crippen LogP contribution in [0.3, 0.4) is 0 Å². The monoisotopic (exact) mass is 234 g/mol. The number of nitrogens with zero attached hydrogens (tertiary/aromatic N) is 1. The molecule has 0 saturated carbocycles. The van der Waals surface area contributed by atoms with Gasteiger partial charge in [0.1, 0.15) is 5.01 Å². The lowest BCUT2D eigenvalue weighted by Crippen LogP contribution is -2.05. The Balaban J connectivity index is 2.03. The van der Waals surface area contributed by atoms with E-state index in [-0.39, 0.29) is 12.6 Å². The van der Waals surface area contributed by atoms with E-state index in [2.05, 4.69) is 17.2 Å². The first-order valence-electron chi connectivity index (χ1n) is 5.15. The number of benzene rings is 1. The second kappa shape index (κ2) is 5.09. The Bertz CT molecular complexity index is 425. The first-order valence-corrected chi connectivity index (χ1v) is 6.03. The molecule has 1 aromatic heterocycles. The Morgan fingerprint density at radius 3 is 2.69 bits per heavy atom. The lowest BCUT2D eigenvalue weighted by molar-refractivity contribution is 0.282. The average Bonchev–Trinajstić information content (AvgIpc) is 2.83. The molecule has 2 N–H and O–H groups in total. The number of hydrogen-bond acceptors (Lipinski definition) is 4. The molecule has 0 radical (unpaired) electrons. The van der Waals surface area contributed by atoms with Crippen LogP contribution in [0.25, 0.3) is 0 Å². The summed E-state index contributed by atoms with van der Waals surface area (Å²) in [5.74, 6) is 0. The number of rotatable bonds is 4. The van der Waals surface area contributed by atoms with Crippen LogP contribution in [-0.4, -0.2) is 10.1 Å². The molecule has 1 unspecified atom stereocenters. The van der Waals surface area contributed by atoms with E-state index in [1.807, 2.05) is 35.8 Å². The van der Waals surface area contributed by atoms with Gasteiger partial charge in [-0.2, -0.15) is 0 Å². The van der Waals surface area contributed by atoms with Crippen LogP contribution < -0.4 is 5.32 Å². The van der Waals surface area contributed by atoms with Crippen molar-refractivity contribution < 1.29 is 5.11 Å². The van der Waals surface area contributed by atoms with Crippen molar-refractivity contribution in [3.05, 3.63) is 46.4 Å². The molecular formula is C12H14N2OS. The van der Waals surface area contributed by atoms with Gasteiger partial charge in [-0.25, -0.2) is 4.98 Å². The highest BCUT2D eigenvalue weighted by Gasteiger charge is 2.07. The fourth-order valence-corrected chi connectivity index (χ4v) is 2.11. The second-order valence-electron chi connectivity index (χ2n) is 3.59. The van der Waals surface area contributed by atoms with Crippen molar-refractivity contribution in [1.82, 2.24) is 4.98 Å². The zero-order valence-corrected chi connectivity index (χ0v) is 9.87. The van der Waals surface area contributed by atoms with E-state index < -0.39 is 0 Å². The van der Waals surface area contributed by atoms with Gasteiger partial charge in [0.2, 0.25) is 0 Å². The fourth-order valence-electron chi connectivity index (χ4n) is 1.47. The average molecular weight is 234 g/mol. The summed E-state index contributed by atoms with van der Waals surface area (Å²) in [6.45, 7) is 2.17. The zero-order chi connectivity index (χ0) is 11.4.